The molecule has 7 nitrogen and oxygen atoms in total. The van der Waals surface area contributed by atoms with Crippen LogP contribution < -0.4 is 5.32 Å². The quantitative estimate of drug-likeness (QED) is 0.651. The molecule has 0 aliphatic carbocycles. The van der Waals surface area contributed by atoms with Gasteiger partial charge in [0.15, 0.2) is 0 Å². The maximum Gasteiger partial charge on any atom is 0.338 e. The zero-order chi connectivity index (χ0) is 15.4. The van der Waals surface area contributed by atoms with Gasteiger partial charge in [0, 0.05) is 12.1 Å². The molecule has 1 aromatic carbocycles. The van der Waals surface area contributed by atoms with E-state index in [0.29, 0.717) is 0 Å². The SMILES string of the molecule is O=C(Cc1ccsc1)Nc1ccc([N+](=O)[O-])cc1C(=O)O. The third kappa shape index (κ3) is 3.63. The van der Waals surface area contributed by atoms with Gasteiger partial charge in [0.2, 0.25) is 5.91 Å². The maximum atomic E-state index is 11.8. The normalized spacial score (nSPS) is 10.1. The van der Waals surface area contributed by atoms with Crippen molar-refractivity contribution in [3.8, 4) is 0 Å². The number of carboxylic acids is 1. The van der Waals surface area contributed by atoms with Crippen molar-refractivity contribution in [3.63, 3.8) is 0 Å². The molecule has 0 radical (unpaired) electrons. The van der Waals surface area contributed by atoms with Gasteiger partial charge in [-0.25, -0.2) is 4.79 Å². The lowest BCUT2D eigenvalue weighted by Crippen LogP contribution is -2.16. The van der Waals surface area contributed by atoms with Crippen LogP contribution in [0.25, 0.3) is 0 Å². The zero-order valence-corrected chi connectivity index (χ0v) is 11.4. The molecule has 0 saturated carbocycles. The first-order valence-corrected chi connectivity index (χ1v) is 6.74. The van der Waals surface area contributed by atoms with Gasteiger partial charge in [-0.1, -0.05) is 0 Å². The molecule has 0 aliphatic heterocycles. The summed E-state index contributed by atoms with van der Waals surface area (Å²) >= 11 is 1.45. The number of benzene rings is 1. The molecule has 8 heteroatoms. The molecule has 0 atom stereocenters. The average Bonchev–Trinajstić information content (AvgIpc) is 2.91. The molecule has 0 aliphatic rings. The Balaban J connectivity index is 2.21. The standard InChI is InChI=1S/C13H10N2O5S/c16-12(5-8-3-4-21-7-8)14-11-2-1-9(15(19)20)6-10(11)13(17)18/h1-4,6-7H,5H2,(H,14,16)(H,17,18). The predicted octanol–water partition coefficient (Wildman–Crippen LogP) is 2.54. The molecule has 1 heterocycles. The lowest BCUT2D eigenvalue weighted by atomic mass is 10.1. The summed E-state index contributed by atoms with van der Waals surface area (Å²) in [6, 6.07) is 5.07. The molecular weight excluding hydrogens is 296 g/mol. The number of carbonyl (C=O) groups is 2. The molecule has 2 rings (SSSR count). The highest BCUT2D eigenvalue weighted by Crippen LogP contribution is 2.22. The van der Waals surface area contributed by atoms with Gasteiger partial charge in [-0.2, -0.15) is 11.3 Å². The summed E-state index contributed by atoms with van der Waals surface area (Å²) < 4.78 is 0. The fourth-order valence-corrected chi connectivity index (χ4v) is 2.37. The highest BCUT2D eigenvalue weighted by atomic mass is 32.1. The van der Waals surface area contributed by atoms with Crippen LogP contribution >= 0.6 is 11.3 Å². The molecule has 0 bridgehead atoms. The molecule has 0 spiro atoms. The number of amides is 1. The number of hydrogen-bond acceptors (Lipinski definition) is 5. The number of nitro benzene ring substituents is 1. The zero-order valence-electron chi connectivity index (χ0n) is 10.6. The van der Waals surface area contributed by atoms with Gasteiger partial charge in [0.25, 0.3) is 5.69 Å². The Morgan fingerprint density at radius 3 is 2.67 bits per heavy atom. The number of non-ortho nitro benzene ring substituents is 1. The largest absolute Gasteiger partial charge is 0.478 e. The number of rotatable bonds is 5. The number of aromatic carboxylic acids is 1. The first kappa shape index (κ1) is 14.7. The third-order valence-corrected chi connectivity index (χ3v) is 3.40. The molecule has 0 unspecified atom stereocenters. The van der Waals surface area contributed by atoms with Gasteiger partial charge >= 0.3 is 5.97 Å². The number of nitro groups is 1. The molecule has 1 amide bonds. The number of anilines is 1. The van der Waals surface area contributed by atoms with Crippen LogP contribution in [0.4, 0.5) is 11.4 Å². The minimum Gasteiger partial charge on any atom is -0.478 e. The highest BCUT2D eigenvalue weighted by Gasteiger charge is 2.17. The summed E-state index contributed by atoms with van der Waals surface area (Å²) in [4.78, 5) is 32.9. The van der Waals surface area contributed by atoms with Crippen molar-refractivity contribution >= 4 is 34.6 Å². The van der Waals surface area contributed by atoms with E-state index in [-0.39, 0.29) is 29.3 Å². The van der Waals surface area contributed by atoms with Crippen molar-refractivity contribution in [2.75, 3.05) is 5.32 Å². The second-order valence-electron chi connectivity index (χ2n) is 4.15. The van der Waals surface area contributed by atoms with E-state index < -0.39 is 10.9 Å². The Kier molecular flexibility index (Phi) is 4.29. The van der Waals surface area contributed by atoms with Gasteiger partial charge in [-0.15, -0.1) is 0 Å². The van der Waals surface area contributed by atoms with Crippen LogP contribution in [0.5, 0.6) is 0 Å². The van der Waals surface area contributed by atoms with Crippen LogP contribution in [-0.2, 0) is 11.2 Å². The van der Waals surface area contributed by atoms with E-state index in [2.05, 4.69) is 5.32 Å². The average molecular weight is 306 g/mol. The Labute approximate surface area is 123 Å². The van der Waals surface area contributed by atoms with Crippen molar-refractivity contribution < 1.29 is 19.6 Å². The van der Waals surface area contributed by atoms with Crippen LogP contribution in [-0.4, -0.2) is 21.9 Å². The van der Waals surface area contributed by atoms with E-state index in [1.165, 1.54) is 17.4 Å². The molecule has 1 aromatic heterocycles. The number of nitrogens with zero attached hydrogens (tertiary/aromatic N) is 1. The number of carboxylic acid groups (broad SMARTS) is 1. The Morgan fingerprint density at radius 2 is 2.10 bits per heavy atom. The number of nitrogens with one attached hydrogen (secondary N) is 1. The van der Waals surface area contributed by atoms with Crippen molar-refractivity contribution in [2.24, 2.45) is 0 Å². The van der Waals surface area contributed by atoms with Crippen LogP contribution in [0.1, 0.15) is 15.9 Å². The Bertz CT molecular complexity index is 697. The maximum absolute atomic E-state index is 11.8. The van der Waals surface area contributed by atoms with Crippen LogP contribution in [0.3, 0.4) is 0 Å². The molecular formula is C13H10N2O5S. The summed E-state index contributed by atoms with van der Waals surface area (Å²) in [6.45, 7) is 0. The van der Waals surface area contributed by atoms with E-state index >= 15 is 0 Å². The molecule has 21 heavy (non-hydrogen) atoms. The van der Waals surface area contributed by atoms with E-state index in [9.17, 15) is 19.7 Å². The molecule has 0 saturated heterocycles. The second kappa shape index (κ2) is 6.14. The lowest BCUT2D eigenvalue weighted by Gasteiger charge is -2.08. The number of carbonyl (C=O) groups excluding carboxylic acids is 1. The molecule has 2 N–H and O–H groups in total. The molecule has 2 aromatic rings. The van der Waals surface area contributed by atoms with Crippen molar-refractivity contribution in [2.45, 2.75) is 6.42 Å². The fraction of sp³-hybridized carbons (Fsp3) is 0.0769. The first-order valence-electron chi connectivity index (χ1n) is 5.80. The Hall–Kier alpha value is -2.74. The van der Waals surface area contributed by atoms with Crippen molar-refractivity contribution in [1.29, 1.82) is 0 Å². The van der Waals surface area contributed by atoms with Gasteiger partial charge in [0.05, 0.1) is 22.6 Å². The van der Waals surface area contributed by atoms with E-state index in [1.54, 1.807) is 6.07 Å². The number of hydrogen-bond donors (Lipinski definition) is 2. The minimum atomic E-state index is -1.34. The van der Waals surface area contributed by atoms with Crippen molar-refractivity contribution in [1.82, 2.24) is 0 Å². The smallest absolute Gasteiger partial charge is 0.338 e. The third-order valence-electron chi connectivity index (χ3n) is 2.66. The number of thiophene rings is 1. The van der Waals surface area contributed by atoms with E-state index in [4.69, 9.17) is 5.11 Å². The highest BCUT2D eigenvalue weighted by molar-refractivity contribution is 7.08. The minimum absolute atomic E-state index is 0.0355. The van der Waals surface area contributed by atoms with Gasteiger partial charge < -0.3 is 10.4 Å². The summed E-state index contributed by atoms with van der Waals surface area (Å²) in [6.07, 6.45) is 0.111. The van der Waals surface area contributed by atoms with Crippen LogP contribution in [0.2, 0.25) is 0 Å². The van der Waals surface area contributed by atoms with Crippen molar-refractivity contribution in [3.05, 3.63) is 56.3 Å². The summed E-state index contributed by atoms with van der Waals surface area (Å²) in [5, 5.41) is 25.8. The monoisotopic (exact) mass is 306 g/mol. The van der Waals surface area contributed by atoms with Crippen LogP contribution in [0, 0.1) is 10.1 Å². The van der Waals surface area contributed by atoms with Crippen LogP contribution in [0.15, 0.2) is 35.0 Å². The second-order valence-corrected chi connectivity index (χ2v) is 4.93. The van der Waals surface area contributed by atoms with Gasteiger partial charge in [-0.05, 0) is 28.5 Å². The predicted molar refractivity (Wildman–Crippen MR) is 76.7 cm³/mol. The summed E-state index contributed by atoms with van der Waals surface area (Å²) in [5.74, 6) is -1.73. The van der Waals surface area contributed by atoms with E-state index in [0.717, 1.165) is 17.7 Å². The lowest BCUT2D eigenvalue weighted by molar-refractivity contribution is -0.384. The molecule has 108 valence electrons. The molecule has 0 fully saturated rings. The summed E-state index contributed by atoms with van der Waals surface area (Å²) in [5.41, 5.74) is 0.190. The van der Waals surface area contributed by atoms with Gasteiger partial charge in [0.1, 0.15) is 0 Å². The Morgan fingerprint density at radius 1 is 1.33 bits per heavy atom. The first-order chi connectivity index (χ1) is 9.97. The fourth-order valence-electron chi connectivity index (χ4n) is 1.70. The van der Waals surface area contributed by atoms with E-state index in [1.807, 2.05) is 10.8 Å². The topological polar surface area (TPSA) is 110 Å². The summed E-state index contributed by atoms with van der Waals surface area (Å²) in [7, 11) is 0. The van der Waals surface area contributed by atoms with Gasteiger partial charge in [-0.3, -0.25) is 14.9 Å².